The third-order valence-corrected chi connectivity index (χ3v) is 2.74. The third-order valence-electron chi connectivity index (χ3n) is 2.74. The van der Waals surface area contributed by atoms with Crippen molar-refractivity contribution < 1.29 is 0 Å². The Hall–Kier alpha value is -2.09. The van der Waals surface area contributed by atoms with Gasteiger partial charge in [-0.25, -0.2) is 4.98 Å². The molecule has 0 fully saturated rings. The van der Waals surface area contributed by atoms with Gasteiger partial charge in [0, 0.05) is 11.8 Å². The standard InChI is InChI=1S/C14H12N2/c1-11-7-8-16-10-15-14(13(16)9-11)12-5-3-2-4-6-12/h2-10H,1H3. The number of imidazole rings is 1. The van der Waals surface area contributed by atoms with Gasteiger partial charge in [-0.1, -0.05) is 30.3 Å². The minimum atomic E-state index is 1.05. The molecular formula is C14H12N2. The van der Waals surface area contributed by atoms with Crippen molar-refractivity contribution in [3.8, 4) is 11.3 Å². The van der Waals surface area contributed by atoms with Crippen LogP contribution in [0.5, 0.6) is 0 Å². The average Bonchev–Trinajstić information content (AvgIpc) is 2.73. The number of aryl methyl sites for hydroxylation is 1. The summed E-state index contributed by atoms with van der Waals surface area (Å²) in [7, 11) is 0. The van der Waals surface area contributed by atoms with Crippen LogP contribution in [0.2, 0.25) is 0 Å². The van der Waals surface area contributed by atoms with Crippen molar-refractivity contribution in [1.29, 1.82) is 0 Å². The molecule has 0 radical (unpaired) electrons. The highest BCUT2D eigenvalue weighted by Crippen LogP contribution is 2.23. The van der Waals surface area contributed by atoms with Gasteiger partial charge < -0.3 is 4.40 Å². The lowest BCUT2D eigenvalue weighted by atomic mass is 10.1. The second kappa shape index (κ2) is 3.49. The van der Waals surface area contributed by atoms with Gasteiger partial charge in [0.1, 0.15) is 0 Å². The van der Waals surface area contributed by atoms with Gasteiger partial charge in [0.15, 0.2) is 0 Å². The quantitative estimate of drug-likeness (QED) is 0.599. The second-order valence-electron chi connectivity index (χ2n) is 3.96. The summed E-state index contributed by atoms with van der Waals surface area (Å²) >= 11 is 0. The minimum Gasteiger partial charge on any atom is -0.306 e. The number of nitrogens with zero attached hydrogens (tertiary/aromatic N) is 2. The van der Waals surface area contributed by atoms with E-state index >= 15 is 0 Å². The monoisotopic (exact) mass is 208 g/mol. The Bertz CT molecular complexity index is 624. The number of pyridine rings is 1. The fourth-order valence-corrected chi connectivity index (χ4v) is 1.91. The first-order chi connectivity index (χ1) is 7.84. The predicted molar refractivity (Wildman–Crippen MR) is 65.4 cm³/mol. The Kier molecular flexibility index (Phi) is 2.00. The maximum Gasteiger partial charge on any atom is 0.0999 e. The molecule has 3 rings (SSSR count). The van der Waals surface area contributed by atoms with Crippen LogP contribution in [0.3, 0.4) is 0 Å². The molecule has 0 N–H and O–H groups in total. The fourth-order valence-electron chi connectivity index (χ4n) is 1.91. The van der Waals surface area contributed by atoms with Crippen LogP contribution >= 0.6 is 0 Å². The molecule has 0 saturated carbocycles. The van der Waals surface area contributed by atoms with Gasteiger partial charge in [0.25, 0.3) is 0 Å². The van der Waals surface area contributed by atoms with Gasteiger partial charge in [-0.3, -0.25) is 0 Å². The van der Waals surface area contributed by atoms with E-state index in [0.29, 0.717) is 0 Å². The van der Waals surface area contributed by atoms with E-state index in [4.69, 9.17) is 0 Å². The Labute approximate surface area is 94.2 Å². The van der Waals surface area contributed by atoms with Crippen molar-refractivity contribution in [3.63, 3.8) is 0 Å². The minimum absolute atomic E-state index is 1.05. The topological polar surface area (TPSA) is 17.3 Å². The molecule has 0 atom stereocenters. The summed E-state index contributed by atoms with van der Waals surface area (Å²) in [6.45, 7) is 2.10. The molecule has 0 unspecified atom stereocenters. The molecule has 2 heteroatoms. The van der Waals surface area contributed by atoms with Crippen molar-refractivity contribution in [2.45, 2.75) is 6.92 Å². The number of hydrogen-bond acceptors (Lipinski definition) is 1. The molecule has 0 bridgehead atoms. The first-order valence-corrected chi connectivity index (χ1v) is 5.33. The van der Waals surface area contributed by atoms with Crippen LogP contribution in [0.1, 0.15) is 5.56 Å². The Balaban J connectivity index is 2.29. The fraction of sp³-hybridized carbons (Fsp3) is 0.0714. The van der Waals surface area contributed by atoms with Crippen LogP contribution in [0.4, 0.5) is 0 Å². The van der Waals surface area contributed by atoms with Gasteiger partial charge in [-0.15, -0.1) is 0 Å². The van der Waals surface area contributed by atoms with E-state index < -0.39 is 0 Å². The summed E-state index contributed by atoms with van der Waals surface area (Å²) in [5.74, 6) is 0. The zero-order valence-electron chi connectivity index (χ0n) is 9.09. The molecule has 0 aliphatic rings. The molecule has 16 heavy (non-hydrogen) atoms. The summed E-state index contributed by atoms with van der Waals surface area (Å²) in [4.78, 5) is 4.47. The van der Waals surface area contributed by atoms with Crippen LogP contribution < -0.4 is 0 Å². The van der Waals surface area contributed by atoms with E-state index in [-0.39, 0.29) is 0 Å². The van der Waals surface area contributed by atoms with E-state index in [2.05, 4.69) is 40.6 Å². The molecule has 2 aromatic heterocycles. The lowest BCUT2D eigenvalue weighted by Crippen LogP contribution is -1.83. The molecule has 0 amide bonds. The van der Waals surface area contributed by atoms with Crippen LogP contribution in [0.25, 0.3) is 16.8 Å². The van der Waals surface area contributed by atoms with E-state index in [1.54, 1.807) is 0 Å². The van der Waals surface area contributed by atoms with Crippen molar-refractivity contribution in [2.75, 3.05) is 0 Å². The zero-order chi connectivity index (χ0) is 11.0. The molecule has 0 aliphatic heterocycles. The summed E-state index contributed by atoms with van der Waals surface area (Å²) in [6.07, 6.45) is 3.90. The summed E-state index contributed by atoms with van der Waals surface area (Å²) in [5, 5.41) is 0. The van der Waals surface area contributed by atoms with Crippen LogP contribution in [-0.2, 0) is 0 Å². The highest BCUT2D eigenvalue weighted by molar-refractivity contribution is 5.77. The molecule has 0 spiro atoms. The Morgan fingerprint density at radius 2 is 1.88 bits per heavy atom. The van der Waals surface area contributed by atoms with Crippen LogP contribution in [0.15, 0.2) is 55.0 Å². The maximum atomic E-state index is 4.47. The molecule has 0 aliphatic carbocycles. The molecule has 2 nitrogen and oxygen atoms in total. The number of hydrogen-bond donors (Lipinski definition) is 0. The number of rotatable bonds is 1. The molecule has 78 valence electrons. The van der Waals surface area contributed by atoms with Crippen molar-refractivity contribution >= 4 is 5.52 Å². The lowest BCUT2D eigenvalue weighted by Gasteiger charge is -1.99. The van der Waals surface area contributed by atoms with Gasteiger partial charge in [0.05, 0.1) is 17.5 Å². The van der Waals surface area contributed by atoms with Crippen LogP contribution in [-0.4, -0.2) is 9.38 Å². The highest BCUT2D eigenvalue weighted by atomic mass is 15.0. The van der Waals surface area contributed by atoms with E-state index in [1.807, 2.05) is 30.7 Å². The van der Waals surface area contributed by atoms with Gasteiger partial charge in [-0.2, -0.15) is 0 Å². The van der Waals surface area contributed by atoms with Crippen molar-refractivity contribution in [1.82, 2.24) is 9.38 Å². The Morgan fingerprint density at radius 1 is 1.06 bits per heavy atom. The van der Waals surface area contributed by atoms with Gasteiger partial charge in [-0.05, 0) is 24.6 Å². The average molecular weight is 208 g/mol. The molecular weight excluding hydrogens is 196 g/mol. The van der Waals surface area contributed by atoms with Gasteiger partial charge >= 0.3 is 0 Å². The first kappa shape index (κ1) is 9.16. The number of aromatic nitrogens is 2. The first-order valence-electron chi connectivity index (χ1n) is 5.33. The normalized spacial score (nSPS) is 10.8. The third kappa shape index (κ3) is 1.39. The molecule has 2 heterocycles. The lowest BCUT2D eigenvalue weighted by molar-refractivity contribution is 1.14. The van der Waals surface area contributed by atoms with E-state index in [1.165, 1.54) is 5.56 Å². The molecule has 3 aromatic rings. The summed E-state index contributed by atoms with van der Waals surface area (Å²) < 4.78 is 2.05. The smallest absolute Gasteiger partial charge is 0.0999 e. The molecule has 0 saturated heterocycles. The summed E-state index contributed by atoms with van der Waals surface area (Å²) in [6, 6.07) is 14.5. The van der Waals surface area contributed by atoms with Crippen LogP contribution in [0, 0.1) is 6.92 Å². The van der Waals surface area contributed by atoms with E-state index in [9.17, 15) is 0 Å². The zero-order valence-corrected chi connectivity index (χ0v) is 9.09. The Morgan fingerprint density at radius 3 is 2.69 bits per heavy atom. The number of benzene rings is 1. The summed E-state index contributed by atoms with van der Waals surface area (Å²) in [5.41, 5.74) is 4.62. The predicted octanol–water partition coefficient (Wildman–Crippen LogP) is 3.31. The van der Waals surface area contributed by atoms with Crippen molar-refractivity contribution in [3.05, 3.63) is 60.6 Å². The largest absolute Gasteiger partial charge is 0.306 e. The number of fused-ring (bicyclic) bond motifs is 1. The second-order valence-corrected chi connectivity index (χ2v) is 3.96. The molecule has 1 aromatic carbocycles. The SMILES string of the molecule is Cc1ccn2cnc(-c3ccccc3)c2c1. The maximum absolute atomic E-state index is 4.47. The van der Waals surface area contributed by atoms with E-state index in [0.717, 1.165) is 16.8 Å². The van der Waals surface area contributed by atoms with Gasteiger partial charge in [0.2, 0.25) is 0 Å². The highest BCUT2D eigenvalue weighted by Gasteiger charge is 2.05. The van der Waals surface area contributed by atoms with Crippen molar-refractivity contribution in [2.24, 2.45) is 0 Å².